The zero-order chi connectivity index (χ0) is 18.4. The minimum atomic E-state index is 0.619. The number of hydrogen-bond acceptors (Lipinski definition) is 7. The molecule has 0 spiro atoms. The predicted octanol–water partition coefficient (Wildman–Crippen LogP) is 2.40. The van der Waals surface area contributed by atoms with Crippen molar-refractivity contribution >= 4 is 12.4 Å². The van der Waals surface area contributed by atoms with Crippen molar-refractivity contribution in [2.75, 3.05) is 7.11 Å². The van der Waals surface area contributed by atoms with Crippen molar-refractivity contribution < 1.29 is 4.74 Å². The molecule has 3 rings (SSSR count). The molecule has 1 aromatic heterocycles. The minimum absolute atomic E-state index is 0.619. The predicted molar refractivity (Wildman–Crippen MR) is 103 cm³/mol. The van der Waals surface area contributed by atoms with Gasteiger partial charge >= 0.3 is 0 Å². The summed E-state index contributed by atoms with van der Waals surface area (Å²) in [5, 5.41) is 7.05. The Hall–Kier alpha value is -3.74. The lowest BCUT2D eigenvalue weighted by atomic mass is 10.1. The molecule has 0 saturated heterocycles. The van der Waals surface area contributed by atoms with E-state index in [4.69, 9.17) is 16.4 Å². The molecule has 0 fully saturated rings. The van der Waals surface area contributed by atoms with Crippen LogP contribution in [0.3, 0.4) is 0 Å². The highest BCUT2D eigenvalue weighted by molar-refractivity contribution is 5.83. The second-order valence-electron chi connectivity index (χ2n) is 5.40. The molecule has 26 heavy (non-hydrogen) atoms. The Bertz CT molecular complexity index is 950. The van der Waals surface area contributed by atoms with Gasteiger partial charge in [-0.3, -0.25) is 0 Å². The van der Waals surface area contributed by atoms with Crippen LogP contribution in [0.15, 0.2) is 64.9 Å². The molecule has 2 aromatic carbocycles. The van der Waals surface area contributed by atoms with Crippen molar-refractivity contribution in [3.63, 3.8) is 0 Å². The van der Waals surface area contributed by atoms with Gasteiger partial charge in [-0.1, -0.05) is 30.3 Å². The molecular formula is C19H18N6O. The number of rotatable bonds is 5. The zero-order valence-electron chi connectivity index (χ0n) is 14.2. The van der Waals surface area contributed by atoms with Gasteiger partial charge in [0.1, 0.15) is 5.75 Å². The van der Waals surface area contributed by atoms with E-state index in [0.29, 0.717) is 11.6 Å². The Labute approximate surface area is 151 Å². The van der Waals surface area contributed by atoms with Crippen LogP contribution in [-0.4, -0.2) is 29.5 Å². The maximum absolute atomic E-state index is 5.49. The molecule has 0 bridgehead atoms. The van der Waals surface area contributed by atoms with Crippen LogP contribution in [0, 0.1) is 0 Å². The van der Waals surface area contributed by atoms with Crippen LogP contribution in [0.2, 0.25) is 0 Å². The Balaban J connectivity index is 1.99. The van der Waals surface area contributed by atoms with E-state index in [2.05, 4.69) is 20.2 Å². The largest absolute Gasteiger partial charge is 0.496 e. The normalized spacial score (nSPS) is 11.3. The Kier molecular flexibility index (Phi) is 5.19. The molecule has 0 atom stereocenters. The topological polar surface area (TPSA) is 112 Å². The second kappa shape index (κ2) is 7.89. The number of aromatic nitrogens is 2. The summed E-state index contributed by atoms with van der Waals surface area (Å²) in [6.45, 7) is 0. The van der Waals surface area contributed by atoms with Crippen molar-refractivity contribution in [2.45, 2.75) is 0 Å². The molecule has 0 radical (unpaired) electrons. The van der Waals surface area contributed by atoms with E-state index in [1.807, 2.05) is 48.5 Å². The lowest BCUT2D eigenvalue weighted by Crippen LogP contribution is -1.96. The number of benzene rings is 2. The van der Waals surface area contributed by atoms with Crippen molar-refractivity contribution in [1.82, 2.24) is 9.97 Å². The van der Waals surface area contributed by atoms with Gasteiger partial charge in [-0.05, 0) is 29.3 Å². The van der Waals surface area contributed by atoms with Crippen molar-refractivity contribution in [3.8, 4) is 28.4 Å². The maximum atomic E-state index is 5.49. The van der Waals surface area contributed by atoms with E-state index in [1.165, 1.54) is 0 Å². The molecule has 1 heterocycles. The molecular weight excluding hydrogens is 328 g/mol. The van der Waals surface area contributed by atoms with Crippen molar-refractivity contribution in [3.05, 3.63) is 65.9 Å². The molecule has 0 saturated carbocycles. The summed E-state index contributed by atoms with van der Waals surface area (Å²) in [6.07, 6.45) is 4.86. The second-order valence-corrected chi connectivity index (χ2v) is 5.40. The van der Waals surface area contributed by atoms with Crippen LogP contribution in [0.4, 0.5) is 0 Å². The first-order valence-corrected chi connectivity index (χ1v) is 7.83. The fraction of sp³-hybridized carbons (Fsp3) is 0.0526. The van der Waals surface area contributed by atoms with E-state index >= 15 is 0 Å². The van der Waals surface area contributed by atoms with Crippen LogP contribution >= 0.6 is 0 Å². The van der Waals surface area contributed by atoms with Crippen LogP contribution < -0.4 is 16.4 Å². The third kappa shape index (κ3) is 3.67. The Morgan fingerprint density at radius 3 is 2.31 bits per heavy atom. The average Bonchev–Trinajstić information content (AvgIpc) is 2.69. The summed E-state index contributed by atoms with van der Waals surface area (Å²) in [4.78, 5) is 9.03. The van der Waals surface area contributed by atoms with E-state index in [0.717, 1.165) is 27.9 Å². The van der Waals surface area contributed by atoms with E-state index in [-0.39, 0.29) is 0 Å². The number of ether oxygens (including phenoxy) is 1. The Morgan fingerprint density at radius 2 is 1.62 bits per heavy atom. The maximum Gasteiger partial charge on any atom is 0.159 e. The van der Waals surface area contributed by atoms with E-state index < -0.39 is 0 Å². The van der Waals surface area contributed by atoms with Crippen molar-refractivity contribution in [1.29, 1.82) is 0 Å². The van der Waals surface area contributed by atoms with Gasteiger partial charge in [-0.25, -0.2) is 9.97 Å². The molecule has 7 nitrogen and oxygen atoms in total. The summed E-state index contributed by atoms with van der Waals surface area (Å²) >= 11 is 0. The van der Waals surface area contributed by atoms with Gasteiger partial charge < -0.3 is 16.4 Å². The van der Waals surface area contributed by atoms with Gasteiger partial charge in [0.2, 0.25) is 0 Å². The van der Waals surface area contributed by atoms with Crippen molar-refractivity contribution in [2.24, 2.45) is 21.9 Å². The monoisotopic (exact) mass is 346 g/mol. The summed E-state index contributed by atoms with van der Waals surface area (Å²) in [7, 11) is 1.61. The van der Waals surface area contributed by atoms with Gasteiger partial charge in [-0.15, -0.1) is 0 Å². The van der Waals surface area contributed by atoms with Gasteiger partial charge in [0, 0.05) is 17.3 Å². The average molecular weight is 346 g/mol. The highest BCUT2D eigenvalue weighted by atomic mass is 16.5. The number of hydrogen-bond donors (Lipinski definition) is 2. The first kappa shape index (κ1) is 17.1. The van der Waals surface area contributed by atoms with E-state index in [9.17, 15) is 0 Å². The molecule has 0 amide bonds. The standard InChI is InChI=1S/C19H18N6O/c1-26-18-10-14(12-24-21)4-7-16(18)17-8-9-22-19(25-17)15-5-2-13(3-6-15)11-23-20/h2-12H,20-21H2,1H3/b23-11+,24-12+. The van der Waals surface area contributed by atoms with Gasteiger partial charge in [0.25, 0.3) is 0 Å². The van der Waals surface area contributed by atoms with Gasteiger partial charge in [0.15, 0.2) is 5.82 Å². The molecule has 0 aliphatic heterocycles. The lowest BCUT2D eigenvalue weighted by molar-refractivity contribution is 0.416. The summed E-state index contributed by atoms with van der Waals surface area (Å²) in [6, 6.07) is 15.2. The lowest BCUT2D eigenvalue weighted by Gasteiger charge is -2.10. The van der Waals surface area contributed by atoms with Crippen LogP contribution in [0.5, 0.6) is 5.75 Å². The van der Waals surface area contributed by atoms with Gasteiger partial charge in [-0.2, -0.15) is 10.2 Å². The molecule has 0 aliphatic carbocycles. The molecule has 0 aliphatic rings. The SMILES string of the molecule is COc1cc(/C=N/N)ccc1-c1ccnc(-c2ccc(/C=N/N)cc2)n1. The third-order valence-corrected chi connectivity index (χ3v) is 3.77. The number of nitrogens with two attached hydrogens (primary N) is 2. The highest BCUT2D eigenvalue weighted by Gasteiger charge is 2.10. The fourth-order valence-corrected chi connectivity index (χ4v) is 2.54. The summed E-state index contributed by atoms with van der Waals surface area (Å²) in [5.41, 5.74) is 4.27. The smallest absolute Gasteiger partial charge is 0.159 e. The molecule has 7 heteroatoms. The van der Waals surface area contributed by atoms with Crippen LogP contribution in [0.25, 0.3) is 22.6 Å². The third-order valence-electron chi connectivity index (χ3n) is 3.77. The minimum Gasteiger partial charge on any atom is -0.496 e. The first-order valence-electron chi connectivity index (χ1n) is 7.83. The van der Waals surface area contributed by atoms with E-state index in [1.54, 1.807) is 25.7 Å². The number of methoxy groups -OCH3 is 1. The fourth-order valence-electron chi connectivity index (χ4n) is 2.54. The Morgan fingerprint density at radius 1 is 0.923 bits per heavy atom. The molecule has 130 valence electrons. The van der Waals surface area contributed by atoms with Gasteiger partial charge in [0.05, 0.1) is 25.2 Å². The quantitative estimate of drug-likeness (QED) is 0.418. The van der Waals surface area contributed by atoms with Crippen LogP contribution in [0.1, 0.15) is 11.1 Å². The summed E-state index contributed by atoms with van der Waals surface area (Å²) < 4.78 is 5.49. The zero-order valence-corrected chi connectivity index (χ0v) is 14.2. The van der Waals surface area contributed by atoms with Crippen LogP contribution in [-0.2, 0) is 0 Å². The first-order chi connectivity index (χ1) is 12.7. The highest BCUT2D eigenvalue weighted by Crippen LogP contribution is 2.30. The molecule has 3 aromatic rings. The summed E-state index contributed by atoms with van der Waals surface area (Å²) in [5.74, 6) is 11.7. The molecule has 0 unspecified atom stereocenters. The number of hydrazone groups is 2. The molecule has 4 N–H and O–H groups in total. The number of nitrogens with zero attached hydrogens (tertiary/aromatic N) is 4.